The molecule has 0 aliphatic carbocycles. The van der Waals surface area contributed by atoms with Crippen LogP contribution in [0, 0.1) is 0 Å². The zero-order valence-corrected chi connectivity index (χ0v) is 9.70. The van der Waals surface area contributed by atoms with Crippen molar-refractivity contribution >= 4 is 5.91 Å². The smallest absolute Gasteiger partial charge is 0.222 e. The van der Waals surface area contributed by atoms with Crippen LogP contribution in [0.5, 0.6) is 0 Å². The molecule has 1 heterocycles. The van der Waals surface area contributed by atoms with E-state index in [0.717, 1.165) is 19.4 Å². The molecule has 1 saturated heterocycles. The van der Waals surface area contributed by atoms with Crippen molar-refractivity contribution in [2.24, 2.45) is 5.73 Å². The zero-order valence-electron chi connectivity index (χ0n) is 9.70. The Morgan fingerprint density at radius 1 is 1.60 bits per heavy atom. The minimum absolute atomic E-state index is 0.118. The Bertz CT molecular complexity index is 223. The van der Waals surface area contributed by atoms with Gasteiger partial charge in [0.15, 0.2) is 0 Å². The van der Waals surface area contributed by atoms with Gasteiger partial charge in [-0.1, -0.05) is 0 Å². The summed E-state index contributed by atoms with van der Waals surface area (Å²) in [6.07, 6.45) is 2.55. The molecule has 1 fully saturated rings. The van der Waals surface area contributed by atoms with Gasteiger partial charge in [-0.3, -0.25) is 4.79 Å². The van der Waals surface area contributed by atoms with Crippen LogP contribution in [0.25, 0.3) is 0 Å². The minimum Gasteiger partial charge on any atom is -0.391 e. The van der Waals surface area contributed by atoms with E-state index in [1.165, 1.54) is 0 Å². The zero-order chi connectivity index (χ0) is 11.5. The van der Waals surface area contributed by atoms with Crippen LogP contribution in [0.4, 0.5) is 0 Å². The quantitative estimate of drug-likeness (QED) is 0.718. The van der Waals surface area contributed by atoms with Crippen LogP contribution in [0.15, 0.2) is 0 Å². The third kappa shape index (κ3) is 4.62. The molecule has 0 saturated carbocycles. The monoisotopic (exact) mass is 214 g/mol. The summed E-state index contributed by atoms with van der Waals surface area (Å²) in [5.41, 5.74) is 5.53. The third-order valence-electron chi connectivity index (χ3n) is 2.73. The highest BCUT2D eigenvalue weighted by atomic mass is 16.3. The molecule has 1 aliphatic rings. The lowest BCUT2D eigenvalue weighted by Crippen LogP contribution is -2.43. The number of carbonyl (C=O) groups is 1. The number of amides is 1. The van der Waals surface area contributed by atoms with Gasteiger partial charge in [-0.25, -0.2) is 0 Å². The number of hydrogen-bond acceptors (Lipinski definition) is 3. The maximum absolute atomic E-state index is 11.7. The molecule has 1 aliphatic heterocycles. The molecule has 4 nitrogen and oxygen atoms in total. The van der Waals surface area contributed by atoms with Gasteiger partial charge < -0.3 is 15.7 Å². The fraction of sp³-hybridized carbons (Fsp3) is 0.909. The van der Waals surface area contributed by atoms with E-state index in [-0.39, 0.29) is 17.6 Å². The normalized spacial score (nSPS) is 22.9. The molecule has 88 valence electrons. The number of β-amino-alcohol motifs (C(OH)–C–C–N with tert-alkyl or cyclic N) is 1. The van der Waals surface area contributed by atoms with Gasteiger partial charge in [0.1, 0.15) is 0 Å². The van der Waals surface area contributed by atoms with E-state index in [1.54, 1.807) is 4.90 Å². The molecular weight excluding hydrogens is 192 g/mol. The van der Waals surface area contributed by atoms with Crippen molar-refractivity contribution < 1.29 is 9.90 Å². The van der Waals surface area contributed by atoms with Crippen LogP contribution in [0.2, 0.25) is 0 Å². The van der Waals surface area contributed by atoms with Crippen LogP contribution in [0.1, 0.15) is 39.5 Å². The first-order chi connectivity index (χ1) is 6.88. The Balaban J connectivity index is 2.33. The lowest BCUT2D eigenvalue weighted by Gasteiger charge is -2.31. The van der Waals surface area contributed by atoms with Crippen molar-refractivity contribution in [2.75, 3.05) is 13.1 Å². The lowest BCUT2D eigenvalue weighted by molar-refractivity contribution is -0.134. The molecule has 0 radical (unpaired) electrons. The van der Waals surface area contributed by atoms with E-state index in [2.05, 4.69) is 0 Å². The summed E-state index contributed by atoms with van der Waals surface area (Å²) in [6.45, 7) is 5.11. The number of nitrogens with zero attached hydrogens (tertiary/aromatic N) is 1. The standard InChI is InChI=1S/C11H22N2O2/c1-11(2,12)6-5-10(15)13-7-3-4-9(14)8-13/h9,14H,3-8,12H2,1-2H3. The molecule has 0 bridgehead atoms. The molecule has 0 aromatic carbocycles. The van der Waals surface area contributed by atoms with Crippen molar-refractivity contribution in [1.29, 1.82) is 0 Å². The van der Waals surface area contributed by atoms with Gasteiger partial charge in [0.05, 0.1) is 6.10 Å². The van der Waals surface area contributed by atoms with E-state index >= 15 is 0 Å². The second kappa shape index (κ2) is 4.94. The molecular formula is C11H22N2O2. The van der Waals surface area contributed by atoms with Gasteiger partial charge in [-0.15, -0.1) is 0 Å². The van der Waals surface area contributed by atoms with Crippen molar-refractivity contribution in [1.82, 2.24) is 4.90 Å². The minimum atomic E-state index is -0.339. The first kappa shape index (κ1) is 12.5. The number of piperidine rings is 1. The Morgan fingerprint density at radius 3 is 2.80 bits per heavy atom. The lowest BCUT2D eigenvalue weighted by atomic mass is 9.99. The maximum Gasteiger partial charge on any atom is 0.222 e. The van der Waals surface area contributed by atoms with Gasteiger partial charge in [0, 0.05) is 25.0 Å². The Hall–Kier alpha value is -0.610. The molecule has 4 heteroatoms. The molecule has 15 heavy (non-hydrogen) atoms. The highest BCUT2D eigenvalue weighted by Gasteiger charge is 2.23. The van der Waals surface area contributed by atoms with Gasteiger partial charge in [-0.2, -0.15) is 0 Å². The molecule has 3 N–H and O–H groups in total. The van der Waals surface area contributed by atoms with E-state index in [1.807, 2.05) is 13.8 Å². The third-order valence-corrected chi connectivity index (χ3v) is 2.73. The number of hydrogen-bond donors (Lipinski definition) is 2. The van der Waals surface area contributed by atoms with Crippen molar-refractivity contribution in [2.45, 2.75) is 51.2 Å². The van der Waals surface area contributed by atoms with Crippen molar-refractivity contribution in [3.8, 4) is 0 Å². The molecule has 1 atom stereocenters. The van der Waals surface area contributed by atoms with Crippen LogP contribution in [-0.2, 0) is 4.79 Å². The summed E-state index contributed by atoms with van der Waals surface area (Å²) in [5.74, 6) is 0.118. The van der Waals surface area contributed by atoms with Crippen LogP contribution in [-0.4, -0.2) is 40.6 Å². The number of carbonyl (C=O) groups excluding carboxylic acids is 1. The second-order valence-corrected chi connectivity index (χ2v) is 5.12. The molecule has 0 aromatic rings. The average Bonchev–Trinajstić information content (AvgIpc) is 2.13. The predicted molar refractivity (Wildman–Crippen MR) is 59.3 cm³/mol. The maximum atomic E-state index is 11.7. The predicted octanol–water partition coefficient (Wildman–Crippen LogP) is 0.487. The van der Waals surface area contributed by atoms with E-state index in [4.69, 9.17) is 5.73 Å². The summed E-state index contributed by atoms with van der Waals surface area (Å²) < 4.78 is 0. The number of aliphatic hydroxyl groups excluding tert-OH is 1. The van der Waals surface area contributed by atoms with Crippen LogP contribution < -0.4 is 5.73 Å². The summed E-state index contributed by atoms with van der Waals surface area (Å²) in [4.78, 5) is 13.5. The van der Waals surface area contributed by atoms with E-state index < -0.39 is 0 Å². The fourth-order valence-corrected chi connectivity index (χ4v) is 1.77. The van der Waals surface area contributed by atoms with Gasteiger partial charge >= 0.3 is 0 Å². The van der Waals surface area contributed by atoms with Crippen molar-refractivity contribution in [3.05, 3.63) is 0 Å². The first-order valence-electron chi connectivity index (χ1n) is 5.63. The topological polar surface area (TPSA) is 66.6 Å². The average molecular weight is 214 g/mol. The Labute approximate surface area is 91.4 Å². The largest absolute Gasteiger partial charge is 0.391 e. The SMILES string of the molecule is CC(C)(N)CCC(=O)N1CCCC(O)C1. The van der Waals surface area contributed by atoms with Gasteiger partial charge in [0.25, 0.3) is 0 Å². The molecule has 0 aromatic heterocycles. The van der Waals surface area contributed by atoms with Crippen LogP contribution >= 0.6 is 0 Å². The number of aliphatic hydroxyl groups is 1. The first-order valence-corrected chi connectivity index (χ1v) is 5.63. The summed E-state index contributed by atoms with van der Waals surface area (Å²) in [5, 5.41) is 9.44. The van der Waals surface area contributed by atoms with Gasteiger partial charge in [-0.05, 0) is 33.1 Å². The molecule has 1 unspecified atom stereocenters. The number of nitrogens with two attached hydrogens (primary N) is 1. The Kier molecular flexibility index (Phi) is 4.11. The highest BCUT2D eigenvalue weighted by molar-refractivity contribution is 5.76. The summed E-state index contributed by atoms with van der Waals surface area (Å²) >= 11 is 0. The molecule has 1 rings (SSSR count). The summed E-state index contributed by atoms with van der Waals surface area (Å²) in [6, 6.07) is 0. The Morgan fingerprint density at radius 2 is 2.27 bits per heavy atom. The summed E-state index contributed by atoms with van der Waals surface area (Å²) in [7, 11) is 0. The van der Waals surface area contributed by atoms with Gasteiger partial charge in [0.2, 0.25) is 5.91 Å². The number of likely N-dealkylation sites (tertiary alicyclic amines) is 1. The van der Waals surface area contributed by atoms with E-state index in [0.29, 0.717) is 19.4 Å². The molecule has 1 amide bonds. The van der Waals surface area contributed by atoms with E-state index in [9.17, 15) is 9.90 Å². The van der Waals surface area contributed by atoms with Crippen LogP contribution in [0.3, 0.4) is 0 Å². The highest BCUT2D eigenvalue weighted by Crippen LogP contribution is 2.14. The number of rotatable bonds is 3. The van der Waals surface area contributed by atoms with Crippen molar-refractivity contribution in [3.63, 3.8) is 0 Å². The fourth-order valence-electron chi connectivity index (χ4n) is 1.77. The molecule has 0 spiro atoms. The second-order valence-electron chi connectivity index (χ2n) is 5.12.